The van der Waals surface area contributed by atoms with Crippen molar-refractivity contribution in [2.24, 2.45) is 5.92 Å². The number of rotatable bonds is 6. The number of hydrogen-bond donors (Lipinski definition) is 1. The largest absolute Gasteiger partial charge is 0.346 e. The molecule has 156 valence electrons. The Balaban J connectivity index is 1.77. The van der Waals surface area contributed by atoms with Crippen molar-refractivity contribution in [3.05, 3.63) is 33.5 Å². The van der Waals surface area contributed by atoms with E-state index in [0.717, 1.165) is 18.1 Å². The van der Waals surface area contributed by atoms with E-state index >= 15 is 0 Å². The van der Waals surface area contributed by atoms with E-state index in [-0.39, 0.29) is 23.6 Å². The number of hydrogen-bond acceptors (Lipinski definition) is 6. The van der Waals surface area contributed by atoms with Gasteiger partial charge in [-0.2, -0.15) is 0 Å². The van der Waals surface area contributed by atoms with E-state index in [1.54, 1.807) is 16.3 Å². The number of fused-ring (bicyclic) bond motifs is 1. The minimum atomic E-state index is -0.203. The minimum absolute atomic E-state index is 0.0325. The Morgan fingerprint density at radius 3 is 2.55 bits per heavy atom. The fourth-order valence-corrected chi connectivity index (χ4v) is 4.35. The average molecular weight is 418 g/mol. The van der Waals surface area contributed by atoms with Gasteiger partial charge in [0.2, 0.25) is 5.91 Å². The number of nitrogens with zero attached hydrogens (tertiary/aromatic N) is 4. The van der Waals surface area contributed by atoms with Gasteiger partial charge in [0.25, 0.3) is 5.91 Å². The molecule has 0 aliphatic carbocycles. The molecule has 1 N–H and O–H groups in total. The number of carbonyl (C=O) groups excluding carboxylic acids is 3. The standard InChI is InChI=1S/C20H27N5O3S/c1-12(2)9-16(21-14(4)27)19-23-22-18-5-6-24(7-8-25(18)19)20(28)15-10-17(13(3)26)29-11-15/h10-12,16H,5-9H2,1-4H3,(H,21,27). The highest BCUT2D eigenvalue weighted by Crippen LogP contribution is 2.23. The predicted octanol–water partition coefficient (Wildman–Crippen LogP) is 2.46. The van der Waals surface area contributed by atoms with Crippen molar-refractivity contribution < 1.29 is 14.4 Å². The predicted molar refractivity (Wildman–Crippen MR) is 110 cm³/mol. The second-order valence-corrected chi connectivity index (χ2v) is 8.72. The zero-order chi connectivity index (χ0) is 21.1. The molecular weight excluding hydrogens is 390 g/mol. The van der Waals surface area contributed by atoms with Crippen LogP contribution in [-0.2, 0) is 17.8 Å². The summed E-state index contributed by atoms with van der Waals surface area (Å²) in [4.78, 5) is 38.5. The van der Waals surface area contributed by atoms with E-state index in [9.17, 15) is 14.4 Å². The highest BCUT2D eigenvalue weighted by molar-refractivity contribution is 7.12. The van der Waals surface area contributed by atoms with Crippen molar-refractivity contribution in [3.63, 3.8) is 0 Å². The molecule has 3 rings (SSSR count). The van der Waals surface area contributed by atoms with Crippen molar-refractivity contribution >= 4 is 28.9 Å². The molecule has 0 saturated heterocycles. The Hall–Kier alpha value is -2.55. The van der Waals surface area contributed by atoms with Crippen LogP contribution in [0.3, 0.4) is 0 Å². The van der Waals surface area contributed by atoms with E-state index in [1.165, 1.54) is 25.2 Å². The van der Waals surface area contributed by atoms with E-state index in [4.69, 9.17) is 0 Å². The summed E-state index contributed by atoms with van der Waals surface area (Å²) in [6.45, 7) is 8.84. The Bertz CT molecular complexity index is 917. The maximum absolute atomic E-state index is 12.9. The lowest BCUT2D eigenvalue weighted by atomic mass is 10.0. The number of thiophene rings is 1. The molecule has 0 saturated carbocycles. The van der Waals surface area contributed by atoms with Gasteiger partial charge in [0.15, 0.2) is 11.6 Å². The Morgan fingerprint density at radius 1 is 1.17 bits per heavy atom. The summed E-state index contributed by atoms with van der Waals surface area (Å²) in [5.41, 5.74) is 0.550. The van der Waals surface area contributed by atoms with Crippen LogP contribution in [0.1, 0.15) is 71.8 Å². The number of carbonyl (C=O) groups is 3. The fourth-order valence-electron chi connectivity index (χ4n) is 3.57. The van der Waals surface area contributed by atoms with Gasteiger partial charge in [-0.25, -0.2) is 0 Å². The van der Waals surface area contributed by atoms with E-state index in [0.29, 0.717) is 42.4 Å². The number of Topliss-reactive ketones (excluding diaryl/α,β-unsaturated/α-hetero) is 1. The molecule has 3 heterocycles. The zero-order valence-corrected chi connectivity index (χ0v) is 18.1. The number of amides is 2. The van der Waals surface area contributed by atoms with Gasteiger partial charge in [0.1, 0.15) is 5.82 Å². The van der Waals surface area contributed by atoms with Gasteiger partial charge >= 0.3 is 0 Å². The first-order chi connectivity index (χ1) is 13.8. The molecule has 2 aromatic heterocycles. The molecule has 0 spiro atoms. The smallest absolute Gasteiger partial charge is 0.254 e. The maximum atomic E-state index is 12.9. The second-order valence-electron chi connectivity index (χ2n) is 7.81. The highest BCUT2D eigenvalue weighted by atomic mass is 32.1. The molecule has 1 aliphatic heterocycles. The molecule has 2 aromatic rings. The first-order valence-electron chi connectivity index (χ1n) is 9.84. The van der Waals surface area contributed by atoms with Gasteiger partial charge in [-0.15, -0.1) is 21.5 Å². The van der Waals surface area contributed by atoms with Crippen LogP contribution < -0.4 is 5.32 Å². The highest BCUT2D eigenvalue weighted by Gasteiger charge is 2.27. The number of ketones is 1. The number of nitrogens with one attached hydrogen (secondary N) is 1. The van der Waals surface area contributed by atoms with Crippen LogP contribution >= 0.6 is 11.3 Å². The Kier molecular flexibility index (Phi) is 6.46. The van der Waals surface area contributed by atoms with E-state index < -0.39 is 0 Å². The molecule has 9 heteroatoms. The van der Waals surface area contributed by atoms with Crippen LogP contribution in [0.2, 0.25) is 0 Å². The van der Waals surface area contributed by atoms with Gasteiger partial charge in [-0.05, 0) is 25.3 Å². The monoisotopic (exact) mass is 417 g/mol. The summed E-state index contributed by atoms with van der Waals surface area (Å²) in [6.07, 6.45) is 1.36. The van der Waals surface area contributed by atoms with Crippen molar-refractivity contribution in [3.8, 4) is 0 Å². The maximum Gasteiger partial charge on any atom is 0.254 e. The summed E-state index contributed by atoms with van der Waals surface area (Å²) >= 11 is 1.30. The summed E-state index contributed by atoms with van der Waals surface area (Å²) in [5.74, 6) is 1.75. The fraction of sp³-hybridized carbons (Fsp3) is 0.550. The first-order valence-corrected chi connectivity index (χ1v) is 10.7. The van der Waals surface area contributed by atoms with Gasteiger partial charge in [0, 0.05) is 38.4 Å². The van der Waals surface area contributed by atoms with Gasteiger partial charge in [0.05, 0.1) is 16.5 Å². The molecule has 2 amide bonds. The van der Waals surface area contributed by atoms with Crippen molar-refractivity contribution in [2.75, 3.05) is 13.1 Å². The topological polar surface area (TPSA) is 97.2 Å². The normalized spacial score (nSPS) is 15.0. The molecule has 0 radical (unpaired) electrons. The molecule has 1 aliphatic rings. The van der Waals surface area contributed by atoms with E-state index in [1.807, 2.05) is 4.57 Å². The lowest BCUT2D eigenvalue weighted by molar-refractivity contribution is -0.119. The van der Waals surface area contributed by atoms with Crippen LogP contribution in [0.25, 0.3) is 0 Å². The first kappa shape index (κ1) is 21.2. The van der Waals surface area contributed by atoms with Gasteiger partial charge in [-0.1, -0.05) is 13.8 Å². The molecule has 0 aromatic carbocycles. The Morgan fingerprint density at radius 2 is 1.93 bits per heavy atom. The lowest BCUT2D eigenvalue weighted by Crippen LogP contribution is -2.34. The van der Waals surface area contributed by atoms with Crippen LogP contribution in [0.4, 0.5) is 0 Å². The van der Waals surface area contributed by atoms with Crippen molar-refractivity contribution in [1.82, 2.24) is 25.0 Å². The van der Waals surface area contributed by atoms with Crippen LogP contribution in [0, 0.1) is 5.92 Å². The summed E-state index contributed by atoms with van der Waals surface area (Å²) < 4.78 is 2.03. The third-order valence-electron chi connectivity index (χ3n) is 4.93. The molecule has 29 heavy (non-hydrogen) atoms. The lowest BCUT2D eigenvalue weighted by Gasteiger charge is -2.22. The molecule has 8 nitrogen and oxygen atoms in total. The SMILES string of the molecule is CC(=O)NC(CC(C)C)c1nnc2n1CCN(C(=O)c1csc(C(C)=O)c1)CC2. The van der Waals surface area contributed by atoms with Gasteiger partial charge < -0.3 is 14.8 Å². The second kappa shape index (κ2) is 8.86. The quantitative estimate of drug-likeness (QED) is 0.728. The average Bonchev–Trinajstić information content (AvgIpc) is 3.23. The van der Waals surface area contributed by atoms with Crippen molar-refractivity contribution in [1.29, 1.82) is 0 Å². The third-order valence-corrected chi connectivity index (χ3v) is 5.96. The molecule has 0 fully saturated rings. The minimum Gasteiger partial charge on any atom is -0.346 e. The number of aromatic nitrogens is 3. The summed E-state index contributed by atoms with van der Waals surface area (Å²) in [6, 6.07) is 1.47. The Labute approximate surface area is 174 Å². The van der Waals surface area contributed by atoms with Crippen LogP contribution in [-0.4, -0.2) is 50.4 Å². The van der Waals surface area contributed by atoms with E-state index in [2.05, 4.69) is 29.4 Å². The molecule has 1 unspecified atom stereocenters. The molecule has 1 atom stereocenters. The molecular formula is C20H27N5O3S. The van der Waals surface area contributed by atoms with Crippen LogP contribution in [0.5, 0.6) is 0 Å². The third kappa shape index (κ3) is 4.90. The zero-order valence-electron chi connectivity index (χ0n) is 17.3. The van der Waals surface area contributed by atoms with Crippen LogP contribution in [0.15, 0.2) is 11.4 Å². The van der Waals surface area contributed by atoms with Gasteiger partial charge in [-0.3, -0.25) is 14.4 Å². The summed E-state index contributed by atoms with van der Waals surface area (Å²) in [5, 5.41) is 13.4. The summed E-state index contributed by atoms with van der Waals surface area (Å²) in [7, 11) is 0. The van der Waals surface area contributed by atoms with Crippen molar-refractivity contribution in [2.45, 2.75) is 53.1 Å². The molecule has 0 bridgehead atoms.